The van der Waals surface area contributed by atoms with E-state index in [4.69, 9.17) is 9.47 Å². The standard InChI is InChI=1S/C26H24FN3O3/c1-17-13-29(16-28-17)23-10-3-18(12-25(23)32-2)11-20-6-9-22-14-33-15-24(30(22)26(20)31)19-4-7-21(27)8-5-19/h3-5,7-8,10-14,16,24H,6,9,15H2,1-2H3/b20-11+/t24-/m1/s1. The average Bonchev–Trinajstić information content (AvgIpc) is 3.27. The maximum Gasteiger partial charge on any atom is 0.254 e. The van der Waals surface area contributed by atoms with Crippen LogP contribution in [0.25, 0.3) is 11.8 Å². The predicted molar refractivity (Wildman–Crippen MR) is 122 cm³/mol. The molecule has 0 unspecified atom stereocenters. The third-order valence-electron chi connectivity index (χ3n) is 6.03. The van der Waals surface area contributed by atoms with E-state index in [1.807, 2.05) is 42.0 Å². The fourth-order valence-corrected chi connectivity index (χ4v) is 4.36. The second kappa shape index (κ2) is 8.58. The maximum absolute atomic E-state index is 13.5. The molecule has 7 heteroatoms. The van der Waals surface area contributed by atoms with Gasteiger partial charge < -0.3 is 14.0 Å². The van der Waals surface area contributed by atoms with Crippen LogP contribution in [0.1, 0.15) is 35.7 Å². The number of halogens is 1. The molecule has 2 aliphatic heterocycles. The molecule has 0 N–H and O–H groups in total. The maximum atomic E-state index is 13.5. The largest absolute Gasteiger partial charge is 0.497 e. The highest BCUT2D eigenvalue weighted by atomic mass is 19.1. The zero-order valence-corrected chi connectivity index (χ0v) is 18.5. The summed E-state index contributed by atoms with van der Waals surface area (Å²) in [7, 11) is 1.63. The molecule has 2 aliphatic rings. The van der Waals surface area contributed by atoms with Gasteiger partial charge in [0.15, 0.2) is 0 Å². The van der Waals surface area contributed by atoms with Crippen LogP contribution in [0.5, 0.6) is 5.75 Å². The molecule has 2 aromatic carbocycles. The van der Waals surface area contributed by atoms with E-state index < -0.39 is 0 Å². The molecule has 5 rings (SSSR count). The van der Waals surface area contributed by atoms with Crippen molar-refractivity contribution in [2.75, 3.05) is 13.7 Å². The van der Waals surface area contributed by atoms with Gasteiger partial charge in [-0.15, -0.1) is 0 Å². The third-order valence-corrected chi connectivity index (χ3v) is 6.03. The number of aromatic nitrogens is 2. The SMILES string of the molecule is COc1cc(/C=C2\CCC3=COC[C@H](c4ccc(F)cc4)N3C2=O)ccc1-n1cnc(C)c1. The molecule has 3 aromatic rings. The van der Waals surface area contributed by atoms with E-state index in [-0.39, 0.29) is 17.8 Å². The van der Waals surface area contributed by atoms with Crippen LogP contribution in [0.3, 0.4) is 0 Å². The monoisotopic (exact) mass is 445 g/mol. The van der Waals surface area contributed by atoms with Gasteiger partial charge >= 0.3 is 0 Å². The van der Waals surface area contributed by atoms with Gasteiger partial charge in [-0.25, -0.2) is 9.37 Å². The van der Waals surface area contributed by atoms with E-state index in [9.17, 15) is 9.18 Å². The van der Waals surface area contributed by atoms with Crippen molar-refractivity contribution in [3.05, 3.63) is 95.2 Å². The molecule has 6 nitrogen and oxygen atoms in total. The number of hydrogen-bond donors (Lipinski definition) is 0. The smallest absolute Gasteiger partial charge is 0.254 e. The first-order valence-electron chi connectivity index (χ1n) is 10.8. The summed E-state index contributed by atoms with van der Waals surface area (Å²) in [6.07, 6.45) is 8.58. The van der Waals surface area contributed by atoms with Crippen molar-refractivity contribution in [1.82, 2.24) is 14.5 Å². The molecule has 0 saturated carbocycles. The Morgan fingerprint density at radius 2 is 2.00 bits per heavy atom. The van der Waals surface area contributed by atoms with Gasteiger partial charge in [0, 0.05) is 11.8 Å². The predicted octanol–water partition coefficient (Wildman–Crippen LogP) is 4.95. The third kappa shape index (κ3) is 4.02. The van der Waals surface area contributed by atoms with E-state index in [0.29, 0.717) is 25.2 Å². The summed E-state index contributed by atoms with van der Waals surface area (Å²) in [6.45, 7) is 2.27. The van der Waals surface area contributed by atoms with Crippen LogP contribution < -0.4 is 4.74 Å². The highest BCUT2D eigenvalue weighted by Crippen LogP contribution is 2.38. The molecule has 168 valence electrons. The first-order valence-corrected chi connectivity index (χ1v) is 10.8. The quantitative estimate of drug-likeness (QED) is 0.534. The topological polar surface area (TPSA) is 56.6 Å². The molecule has 0 spiro atoms. The van der Waals surface area contributed by atoms with Gasteiger partial charge in [0.1, 0.15) is 24.4 Å². The second-order valence-electron chi connectivity index (χ2n) is 8.21. The molecule has 1 amide bonds. The van der Waals surface area contributed by atoms with E-state index >= 15 is 0 Å². The number of allylic oxidation sites excluding steroid dienone is 1. The van der Waals surface area contributed by atoms with E-state index in [1.165, 1.54) is 12.1 Å². The number of fused-ring (bicyclic) bond motifs is 1. The van der Waals surface area contributed by atoms with Gasteiger partial charge in [0.25, 0.3) is 5.91 Å². The van der Waals surface area contributed by atoms with Crippen molar-refractivity contribution in [1.29, 1.82) is 0 Å². The number of carbonyl (C=O) groups is 1. The van der Waals surface area contributed by atoms with Gasteiger partial charge in [-0.1, -0.05) is 18.2 Å². The molecular formula is C26H24FN3O3. The number of carbonyl (C=O) groups excluding carboxylic acids is 1. The minimum Gasteiger partial charge on any atom is -0.497 e. The van der Waals surface area contributed by atoms with Gasteiger partial charge in [-0.2, -0.15) is 0 Å². The molecular weight excluding hydrogens is 421 g/mol. The van der Waals surface area contributed by atoms with Crippen LogP contribution in [0.4, 0.5) is 4.39 Å². The van der Waals surface area contributed by atoms with E-state index in [2.05, 4.69) is 4.98 Å². The van der Waals surface area contributed by atoms with E-state index in [1.54, 1.807) is 36.7 Å². The summed E-state index contributed by atoms with van der Waals surface area (Å²) in [4.78, 5) is 19.6. The first kappa shape index (κ1) is 21.0. The fourth-order valence-electron chi connectivity index (χ4n) is 4.36. The molecule has 0 bridgehead atoms. The Balaban J connectivity index is 1.46. The molecule has 0 aliphatic carbocycles. The number of benzene rings is 2. The van der Waals surface area contributed by atoms with Crippen molar-refractivity contribution < 1.29 is 18.7 Å². The summed E-state index contributed by atoms with van der Waals surface area (Å²) in [5.74, 6) is 0.333. The lowest BCUT2D eigenvalue weighted by Gasteiger charge is -2.40. The summed E-state index contributed by atoms with van der Waals surface area (Å²) in [5, 5.41) is 0. The van der Waals surface area contributed by atoms with Crippen molar-refractivity contribution in [2.24, 2.45) is 0 Å². The second-order valence-corrected chi connectivity index (χ2v) is 8.21. The lowest BCUT2D eigenvalue weighted by Crippen LogP contribution is -2.42. The number of rotatable bonds is 4. The summed E-state index contributed by atoms with van der Waals surface area (Å²) < 4.78 is 26.6. The Kier molecular flexibility index (Phi) is 5.46. The highest BCUT2D eigenvalue weighted by Gasteiger charge is 2.36. The number of aryl methyl sites for hydroxylation is 1. The van der Waals surface area contributed by atoms with Crippen LogP contribution in [0.15, 0.2) is 72.5 Å². The molecule has 0 radical (unpaired) electrons. The minimum atomic E-state index is -0.306. The number of methoxy groups -OCH3 is 1. The summed E-state index contributed by atoms with van der Waals surface area (Å²) >= 11 is 0. The Bertz CT molecular complexity index is 1260. The van der Waals surface area contributed by atoms with Gasteiger partial charge in [0.2, 0.25) is 0 Å². The van der Waals surface area contributed by atoms with Crippen LogP contribution in [-0.2, 0) is 9.53 Å². The number of amides is 1. The summed E-state index contributed by atoms with van der Waals surface area (Å²) in [6, 6.07) is 11.8. The van der Waals surface area contributed by atoms with Gasteiger partial charge in [0.05, 0.1) is 36.6 Å². The van der Waals surface area contributed by atoms with Crippen LogP contribution >= 0.6 is 0 Å². The number of imidazole rings is 1. The fraction of sp³-hybridized carbons (Fsp3) is 0.231. The number of hydrogen-bond acceptors (Lipinski definition) is 4. The van der Waals surface area contributed by atoms with E-state index in [0.717, 1.165) is 33.8 Å². The number of piperidine rings is 1. The zero-order valence-electron chi connectivity index (χ0n) is 18.5. The van der Waals surface area contributed by atoms with Gasteiger partial charge in [-0.05, 0) is 61.2 Å². The first-order chi connectivity index (χ1) is 16.0. The zero-order chi connectivity index (χ0) is 22.9. The van der Waals surface area contributed by atoms with Crippen molar-refractivity contribution in [2.45, 2.75) is 25.8 Å². The molecule has 1 fully saturated rings. The lowest BCUT2D eigenvalue weighted by molar-refractivity contribution is -0.130. The highest BCUT2D eigenvalue weighted by molar-refractivity contribution is 6.00. The van der Waals surface area contributed by atoms with Crippen molar-refractivity contribution in [3.63, 3.8) is 0 Å². The number of ether oxygens (including phenoxy) is 2. The van der Waals surface area contributed by atoms with Crippen molar-refractivity contribution >= 4 is 12.0 Å². The molecule has 3 heterocycles. The normalized spacial score (nSPS) is 19.2. The molecule has 1 saturated heterocycles. The lowest BCUT2D eigenvalue weighted by atomic mass is 9.94. The summed E-state index contributed by atoms with van der Waals surface area (Å²) in [5.41, 5.74) is 5.09. The minimum absolute atomic E-state index is 0.0570. The Hall–Kier alpha value is -3.87. The molecule has 1 atom stereocenters. The Labute approximate surface area is 191 Å². The van der Waals surface area contributed by atoms with Crippen LogP contribution in [-0.4, -0.2) is 34.1 Å². The molecule has 33 heavy (non-hydrogen) atoms. The van der Waals surface area contributed by atoms with Crippen LogP contribution in [0.2, 0.25) is 0 Å². The van der Waals surface area contributed by atoms with Crippen LogP contribution in [0, 0.1) is 12.7 Å². The average molecular weight is 445 g/mol. The number of nitrogens with zero attached hydrogens (tertiary/aromatic N) is 3. The Morgan fingerprint density at radius 1 is 1.18 bits per heavy atom. The Morgan fingerprint density at radius 3 is 2.73 bits per heavy atom. The van der Waals surface area contributed by atoms with Gasteiger partial charge in [-0.3, -0.25) is 9.69 Å². The molecule has 1 aromatic heterocycles. The van der Waals surface area contributed by atoms with Crippen molar-refractivity contribution in [3.8, 4) is 11.4 Å².